The number of aromatic nitrogens is 3. The highest BCUT2D eigenvalue weighted by Crippen LogP contribution is 2.02. The molecule has 6 heteroatoms. The van der Waals surface area contributed by atoms with E-state index >= 15 is 0 Å². The van der Waals surface area contributed by atoms with Crippen molar-refractivity contribution in [1.82, 2.24) is 25.8 Å². The molecule has 1 rings (SSSR count). The first-order valence-corrected chi connectivity index (χ1v) is 5.54. The molecule has 0 bridgehead atoms. The van der Waals surface area contributed by atoms with Gasteiger partial charge in [0, 0.05) is 6.54 Å². The van der Waals surface area contributed by atoms with Gasteiger partial charge >= 0.3 is 0 Å². The van der Waals surface area contributed by atoms with Crippen LogP contribution in [0.25, 0.3) is 0 Å². The summed E-state index contributed by atoms with van der Waals surface area (Å²) in [6.45, 7) is 5.04. The van der Waals surface area contributed by atoms with E-state index in [1.54, 1.807) is 0 Å². The van der Waals surface area contributed by atoms with E-state index in [1.165, 1.54) is 6.33 Å². The molecular weight excluding hydrogens is 210 g/mol. The Bertz CT molecular complexity index is 285. The zero-order valence-corrected chi connectivity index (χ0v) is 9.90. The summed E-state index contributed by atoms with van der Waals surface area (Å²) in [6, 6.07) is 0.0501. The lowest BCUT2D eigenvalue weighted by atomic mass is 10.3. The second-order valence-corrected chi connectivity index (χ2v) is 3.75. The molecule has 0 spiro atoms. The Morgan fingerprint density at radius 2 is 2.47 bits per heavy atom. The van der Waals surface area contributed by atoms with Gasteiger partial charge in [-0.05, 0) is 25.6 Å². The van der Waals surface area contributed by atoms with Crippen molar-refractivity contribution < 1.29 is 0 Å². The Balaban J connectivity index is 2.26. The minimum atomic E-state index is 0.0501. The molecule has 0 aliphatic rings. The fraction of sp³-hybridized carbons (Fsp3) is 0.667. The second kappa shape index (κ2) is 6.34. The van der Waals surface area contributed by atoms with Crippen molar-refractivity contribution in [2.24, 2.45) is 0 Å². The van der Waals surface area contributed by atoms with Crippen molar-refractivity contribution in [3.63, 3.8) is 0 Å². The fourth-order valence-corrected chi connectivity index (χ4v) is 1.40. The van der Waals surface area contributed by atoms with Crippen LogP contribution in [0.1, 0.15) is 38.6 Å². The topological polar surface area (TPSA) is 65.6 Å². The molecule has 1 atom stereocenters. The summed E-state index contributed by atoms with van der Waals surface area (Å²) in [5.74, 6) is 0.787. The minimum Gasteiger partial charge on any atom is -0.363 e. The summed E-state index contributed by atoms with van der Waals surface area (Å²) in [6.07, 6.45) is 3.77. The van der Waals surface area contributed by atoms with E-state index in [-0.39, 0.29) is 6.04 Å². The van der Waals surface area contributed by atoms with Gasteiger partial charge < -0.3 is 10.6 Å². The van der Waals surface area contributed by atoms with Gasteiger partial charge in [-0.3, -0.25) is 5.10 Å². The first-order chi connectivity index (χ1) is 7.24. The largest absolute Gasteiger partial charge is 0.363 e. The molecule has 0 saturated carbocycles. The van der Waals surface area contributed by atoms with Crippen molar-refractivity contribution >= 4 is 17.3 Å². The van der Waals surface area contributed by atoms with Crippen LogP contribution < -0.4 is 10.6 Å². The number of H-pyrrole nitrogens is 1. The van der Waals surface area contributed by atoms with Crippen molar-refractivity contribution in [3.8, 4) is 0 Å². The van der Waals surface area contributed by atoms with E-state index in [2.05, 4.69) is 32.7 Å². The van der Waals surface area contributed by atoms with Gasteiger partial charge in [0.15, 0.2) is 5.11 Å². The van der Waals surface area contributed by atoms with Gasteiger partial charge in [0.25, 0.3) is 0 Å². The molecule has 0 amide bonds. The van der Waals surface area contributed by atoms with E-state index < -0.39 is 0 Å². The summed E-state index contributed by atoms with van der Waals surface area (Å²) in [7, 11) is 0. The Morgan fingerprint density at radius 1 is 1.67 bits per heavy atom. The number of hydrogen-bond donors (Lipinski definition) is 3. The van der Waals surface area contributed by atoms with Gasteiger partial charge in [0.2, 0.25) is 0 Å². The molecule has 0 aliphatic carbocycles. The summed E-state index contributed by atoms with van der Waals surface area (Å²) in [4.78, 5) is 4.05. The summed E-state index contributed by atoms with van der Waals surface area (Å²) < 4.78 is 0. The van der Waals surface area contributed by atoms with E-state index in [4.69, 9.17) is 12.2 Å². The lowest BCUT2D eigenvalue weighted by Crippen LogP contribution is -2.37. The zero-order valence-electron chi connectivity index (χ0n) is 9.08. The lowest BCUT2D eigenvalue weighted by molar-refractivity contribution is 0.648. The number of unbranched alkanes of at least 4 members (excludes halogenated alkanes) is 1. The maximum absolute atomic E-state index is 5.13. The molecule has 0 fully saturated rings. The average molecular weight is 227 g/mol. The maximum Gasteiger partial charge on any atom is 0.166 e. The molecule has 3 N–H and O–H groups in total. The van der Waals surface area contributed by atoms with E-state index in [0.29, 0.717) is 5.11 Å². The molecule has 5 nitrogen and oxygen atoms in total. The molecule has 1 unspecified atom stereocenters. The molecule has 1 aromatic rings. The lowest BCUT2D eigenvalue weighted by Gasteiger charge is -2.14. The Labute approximate surface area is 95.1 Å². The quantitative estimate of drug-likeness (QED) is 0.520. The SMILES string of the molecule is CCCCNC(=S)NC(C)c1ncn[nH]1. The third-order valence-corrected chi connectivity index (χ3v) is 2.27. The third-order valence-electron chi connectivity index (χ3n) is 2.01. The highest BCUT2D eigenvalue weighted by atomic mass is 32.1. The van der Waals surface area contributed by atoms with Gasteiger partial charge in [-0.1, -0.05) is 13.3 Å². The molecule has 0 radical (unpaired) electrons. The van der Waals surface area contributed by atoms with Crippen LogP contribution in [-0.2, 0) is 0 Å². The first kappa shape index (κ1) is 11.9. The van der Waals surface area contributed by atoms with Crippen molar-refractivity contribution in [2.75, 3.05) is 6.54 Å². The van der Waals surface area contributed by atoms with Crippen LogP contribution in [0.15, 0.2) is 6.33 Å². The number of hydrogen-bond acceptors (Lipinski definition) is 3. The standard InChI is InChI=1S/C9H17N5S/c1-3-4-5-10-9(15)13-7(2)8-11-6-12-14-8/h6-7H,3-5H2,1-2H3,(H2,10,13,15)(H,11,12,14). The second-order valence-electron chi connectivity index (χ2n) is 3.35. The van der Waals surface area contributed by atoms with Crippen LogP contribution >= 0.6 is 12.2 Å². The van der Waals surface area contributed by atoms with Crippen LogP contribution in [0.2, 0.25) is 0 Å². The van der Waals surface area contributed by atoms with Crippen LogP contribution in [-0.4, -0.2) is 26.8 Å². The molecular formula is C9H17N5S. The smallest absolute Gasteiger partial charge is 0.166 e. The normalized spacial score (nSPS) is 12.1. The number of thiocarbonyl (C=S) groups is 1. The Kier molecular flexibility index (Phi) is 5.03. The molecule has 15 heavy (non-hydrogen) atoms. The van der Waals surface area contributed by atoms with Crippen LogP contribution in [0.5, 0.6) is 0 Å². The molecule has 0 aliphatic heterocycles. The predicted octanol–water partition coefficient (Wildman–Crippen LogP) is 1.13. The van der Waals surface area contributed by atoms with Crippen LogP contribution in [0.3, 0.4) is 0 Å². The van der Waals surface area contributed by atoms with Gasteiger partial charge in [-0.2, -0.15) is 5.10 Å². The Hall–Kier alpha value is -1.17. The monoisotopic (exact) mass is 227 g/mol. The molecule has 84 valence electrons. The molecule has 0 aromatic carbocycles. The maximum atomic E-state index is 5.13. The van der Waals surface area contributed by atoms with Crippen molar-refractivity contribution in [2.45, 2.75) is 32.7 Å². The first-order valence-electron chi connectivity index (χ1n) is 5.13. The van der Waals surface area contributed by atoms with E-state index in [1.807, 2.05) is 6.92 Å². The minimum absolute atomic E-state index is 0.0501. The highest BCUT2D eigenvalue weighted by Gasteiger charge is 2.08. The van der Waals surface area contributed by atoms with Crippen molar-refractivity contribution in [3.05, 3.63) is 12.2 Å². The summed E-state index contributed by atoms with van der Waals surface area (Å²) in [5, 5.41) is 13.5. The van der Waals surface area contributed by atoms with Crippen molar-refractivity contribution in [1.29, 1.82) is 0 Å². The Morgan fingerprint density at radius 3 is 3.07 bits per heavy atom. The zero-order chi connectivity index (χ0) is 11.1. The molecule has 1 aromatic heterocycles. The summed E-state index contributed by atoms with van der Waals surface area (Å²) >= 11 is 5.13. The van der Waals surface area contributed by atoms with Gasteiger partial charge in [0.05, 0.1) is 6.04 Å². The third kappa shape index (κ3) is 4.24. The van der Waals surface area contributed by atoms with Gasteiger partial charge in [0.1, 0.15) is 12.2 Å². The predicted molar refractivity (Wildman–Crippen MR) is 63.4 cm³/mol. The number of rotatable bonds is 5. The van der Waals surface area contributed by atoms with E-state index in [0.717, 1.165) is 25.2 Å². The van der Waals surface area contributed by atoms with Gasteiger partial charge in [-0.15, -0.1) is 0 Å². The number of nitrogens with zero attached hydrogens (tertiary/aromatic N) is 2. The van der Waals surface area contributed by atoms with E-state index in [9.17, 15) is 0 Å². The highest BCUT2D eigenvalue weighted by molar-refractivity contribution is 7.80. The number of nitrogens with one attached hydrogen (secondary N) is 3. The number of aromatic amines is 1. The summed E-state index contributed by atoms with van der Waals surface area (Å²) in [5.41, 5.74) is 0. The van der Waals surface area contributed by atoms with Gasteiger partial charge in [-0.25, -0.2) is 4.98 Å². The molecule has 0 saturated heterocycles. The van der Waals surface area contributed by atoms with Crippen LogP contribution in [0.4, 0.5) is 0 Å². The van der Waals surface area contributed by atoms with Crippen LogP contribution in [0, 0.1) is 0 Å². The molecule has 1 heterocycles. The average Bonchev–Trinajstić information content (AvgIpc) is 2.70. The fourth-order valence-electron chi connectivity index (χ4n) is 1.12.